The molecule has 5 nitrogen and oxygen atoms in total. The third-order valence-corrected chi connectivity index (χ3v) is 6.48. The normalized spacial score (nSPS) is 25.8. The number of benzene rings is 1. The van der Waals surface area contributed by atoms with Crippen LogP contribution in [0.15, 0.2) is 27.6 Å². The monoisotopic (exact) mass is 361 g/mol. The summed E-state index contributed by atoms with van der Waals surface area (Å²) in [6, 6.07) is 5.16. The van der Waals surface area contributed by atoms with E-state index >= 15 is 0 Å². The van der Waals surface area contributed by atoms with Gasteiger partial charge in [0.1, 0.15) is 0 Å². The van der Waals surface area contributed by atoms with Crippen LogP contribution in [0.25, 0.3) is 0 Å². The molecule has 20 heavy (non-hydrogen) atoms. The minimum Gasteiger partial charge on any atom is -0.398 e. The average molecular weight is 362 g/mol. The van der Waals surface area contributed by atoms with Gasteiger partial charge in [-0.3, -0.25) is 4.90 Å². The maximum Gasteiger partial charge on any atom is 0.243 e. The van der Waals surface area contributed by atoms with E-state index in [-0.39, 0.29) is 17.0 Å². The number of likely N-dealkylation sites (N-methyl/N-ethyl adjacent to an activating group) is 1. The van der Waals surface area contributed by atoms with Gasteiger partial charge in [-0.1, -0.05) is 0 Å². The van der Waals surface area contributed by atoms with Gasteiger partial charge in [-0.25, -0.2) is 8.42 Å². The number of piperazine rings is 1. The summed E-state index contributed by atoms with van der Waals surface area (Å²) in [6.07, 6.45) is 0. The van der Waals surface area contributed by atoms with E-state index in [1.54, 1.807) is 16.4 Å². The zero-order valence-electron chi connectivity index (χ0n) is 11.9. The Kier molecular flexibility index (Phi) is 4.44. The molecule has 0 aliphatic carbocycles. The summed E-state index contributed by atoms with van der Waals surface area (Å²) >= 11 is 3.28. The molecule has 1 aromatic carbocycles. The SMILES string of the molecule is CC1CN(S(=O)(=O)c2ccc(Br)c(N)c2)CC(C)N1C. The summed E-state index contributed by atoms with van der Waals surface area (Å²) in [7, 11) is -1.46. The largest absolute Gasteiger partial charge is 0.398 e. The molecule has 0 radical (unpaired) electrons. The van der Waals surface area contributed by atoms with Crippen molar-refractivity contribution in [1.82, 2.24) is 9.21 Å². The van der Waals surface area contributed by atoms with Crippen molar-refractivity contribution in [3.8, 4) is 0 Å². The summed E-state index contributed by atoms with van der Waals surface area (Å²) in [4.78, 5) is 2.45. The van der Waals surface area contributed by atoms with Crippen LogP contribution in [-0.4, -0.2) is 49.8 Å². The summed E-state index contributed by atoms with van der Waals surface area (Å²) in [5.41, 5.74) is 6.22. The van der Waals surface area contributed by atoms with Crippen LogP contribution in [0.2, 0.25) is 0 Å². The highest BCUT2D eigenvalue weighted by Crippen LogP contribution is 2.27. The van der Waals surface area contributed by atoms with Crippen molar-refractivity contribution in [2.75, 3.05) is 25.9 Å². The topological polar surface area (TPSA) is 66.6 Å². The third-order valence-electron chi connectivity index (χ3n) is 3.93. The van der Waals surface area contributed by atoms with Gasteiger partial charge in [0, 0.05) is 35.3 Å². The number of hydrogen-bond acceptors (Lipinski definition) is 4. The molecule has 0 bridgehead atoms. The number of halogens is 1. The van der Waals surface area contributed by atoms with E-state index in [9.17, 15) is 8.42 Å². The number of sulfonamides is 1. The van der Waals surface area contributed by atoms with Crippen LogP contribution in [0.1, 0.15) is 13.8 Å². The Balaban J connectivity index is 2.33. The van der Waals surface area contributed by atoms with Crippen molar-refractivity contribution in [3.63, 3.8) is 0 Å². The first kappa shape index (κ1) is 15.8. The van der Waals surface area contributed by atoms with Crippen molar-refractivity contribution in [2.45, 2.75) is 30.8 Å². The van der Waals surface area contributed by atoms with Crippen LogP contribution in [-0.2, 0) is 10.0 Å². The van der Waals surface area contributed by atoms with Crippen molar-refractivity contribution < 1.29 is 8.42 Å². The molecule has 1 aliphatic rings. The molecule has 0 spiro atoms. The van der Waals surface area contributed by atoms with E-state index in [1.807, 2.05) is 20.9 Å². The minimum absolute atomic E-state index is 0.196. The van der Waals surface area contributed by atoms with Crippen LogP contribution >= 0.6 is 15.9 Å². The Hall–Kier alpha value is -0.630. The maximum atomic E-state index is 12.7. The van der Waals surface area contributed by atoms with Gasteiger partial charge in [0.25, 0.3) is 0 Å². The first-order valence-electron chi connectivity index (χ1n) is 6.50. The van der Waals surface area contributed by atoms with Gasteiger partial charge >= 0.3 is 0 Å². The van der Waals surface area contributed by atoms with E-state index in [0.29, 0.717) is 23.2 Å². The molecule has 2 N–H and O–H groups in total. The zero-order chi connectivity index (χ0) is 15.1. The Labute approximate surface area is 128 Å². The van der Waals surface area contributed by atoms with E-state index < -0.39 is 10.0 Å². The molecular weight excluding hydrogens is 342 g/mol. The zero-order valence-corrected chi connectivity index (χ0v) is 14.3. The standard InChI is InChI=1S/C13H20BrN3O2S/c1-9-7-17(8-10(2)16(9)3)20(18,19)11-4-5-12(14)13(15)6-11/h4-6,9-10H,7-8,15H2,1-3H3. The Morgan fingerprint density at radius 2 is 1.80 bits per heavy atom. The second-order valence-corrected chi connectivity index (χ2v) is 8.16. The molecule has 7 heteroatoms. The lowest BCUT2D eigenvalue weighted by Crippen LogP contribution is -2.56. The second-order valence-electron chi connectivity index (χ2n) is 5.37. The van der Waals surface area contributed by atoms with Crippen LogP contribution < -0.4 is 5.73 Å². The molecule has 0 saturated carbocycles. The van der Waals surface area contributed by atoms with E-state index in [2.05, 4.69) is 20.8 Å². The number of nitrogens with two attached hydrogens (primary N) is 1. The van der Waals surface area contributed by atoms with Crippen molar-refractivity contribution in [1.29, 1.82) is 0 Å². The van der Waals surface area contributed by atoms with Gasteiger partial charge in [0.05, 0.1) is 4.90 Å². The summed E-state index contributed by atoms with van der Waals surface area (Å²) < 4.78 is 27.6. The van der Waals surface area contributed by atoms with Crippen LogP contribution in [0, 0.1) is 0 Å². The van der Waals surface area contributed by atoms with E-state index in [1.165, 1.54) is 6.07 Å². The molecule has 1 aliphatic heterocycles. The fourth-order valence-corrected chi connectivity index (χ4v) is 4.27. The number of nitrogens with zero attached hydrogens (tertiary/aromatic N) is 2. The quantitative estimate of drug-likeness (QED) is 0.814. The number of nitrogen functional groups attached to an aromatic ring is 1. The molecule has 0 aromatic heterocycles. The highest BCUT2D eigenvalue weighted by Gasteiger charge is 2.34. The first-order chi connectivity index (χ1) is 9.23. The fourth-order valence-electron chi connectivity index (χ4n) is 2.38. The Bertz CT molecular complexity index is 594. The first-order valence-corrected chi connectivity index (χ1v) is 8.74. The number of hydrogen-bond donors (Lipinski definition) is 1. The molecule has 2 rings (SSSR count). The second kappa shape index (κ2) is 5.63. The molecule has 1 saturated heterocycles. The third kappa shape index (κ3) is 2.86. The highest BCUT2D eigenvalue weighted by atomic mass is 79.9. The maximum absolute atomic E-state index is 12.7. The van der Waals surface area contributed by atoms with Crippen molar-refractivity contribution in [2.24, 2.45) is 0 Å². The van der Waals surface area contributed by atoms with E-state index in [0.717, 1.165) is 0 Å². The molecule has 0 amide bonds. The molecule has 112 valence electrons. The minimum atomic E-state index is -3.48. The number of anilines is 1. The van der Waals surface area contributed by atoms with Gasteiger partial charge < -0.3 is 5.73 Å². The molecule has 1 heterocycles. The predicted molar refractivity (Wildman–Crippen MR) is 84.0 cm³/mol. The molecule has 1 aromatic rings. The lowest BCUT2D eigenvalue weighted by molar-refractivity contribution is 0.105. The predicted octanol–water partition coefficient (Wildman–Crippen LogP) is 1.74. The van der Waals surface area contributed by atoms with Crippen molar-refractivity contribution >= 4 is 31.6 Å². The molecule has 2 atom stereocenters. The molecule has 1 fully saturated rings. The number of rotatable bonds is 2. The Morgan fingerprint density at radius 1 is 1.25 bits per heavy atom. The summed E-state index contributed by atoms with van der Waals surface area (Å²) in [5.74, 6) is 0. The smallest absolute Gasteiger partial charge is 0.243 e. The fraction of sp³-hybridized carbons (Fsp3) is 0.538. The van der Waals surface area contributed by atoms with Crippen LogP contribution in [0.3, 0.4) is 0 Å². The van der Waals surface area contributed by atoms with Gasteiger partial charge in [0.15, 0.2) is 0 Å². The average Bonchev–Trinajstić information content (AvgIpc) is 2.38. The molecular formula is C13H20BrN3O2S. The summed E-state index contributed by atoms with van der Waals surface area (Å²) in [5, 5.41) is 0. The van der Waals surface area contributed by atoms with Gasteiger partial charge in [-0.2, -0.15) is 4.31 Å². The highest BCUT2D eigenvalue weighted by molar-refractivity contribution is 9.10. The van der Waals surface area contributed by atoms with E-state index in [4.69, 9.17) is 5.73 Å². The van der Waals surface area contributed by atoms with Crippen LogP contribution in [0.4, 0.5) is 5.69 Å². The van der Waals surface area contributed by atoms with Crippen molar-refractivity contribution in [3.05, 3.63) is 22.7 Å². The summed E-state index contributed by atoms with van der Waals surface area (Å²) in [6.45, 7) is 5.07. The lowest BCUT2D eigenvalue weighted by Gasteiger charge is -2.41. The van der Waals surface area contributed by atoms with Gasteiger partial charge in [0.2, 0.25) is 10.0 Å². The van der Waals surface area contributed by atoms with Gasteiger partial charge in [-0.15, -0.1) is 0 Å². The Morgan fingerprint density at radius 3 is 2.30 bits per heavy atom. The van der Waals surface area contributed by atoms with Gasteiger partial charge in [-0.05, 0) is 55.0 Å². The lowest BCUT2D eigenvalue weighted by atomic mass is 10.1. The molecule has 2 unspecified atom stereocenters. The van der Waals surface area contributed by atoms with Crippen LogP contribution in [0.5, 0.6) is 0 Å².